The molecular formula is C71H253P23W23. The molecule has 0 bridgehead atoms. The standard InChI is InChI=1S/C4H8.C4H6.18C2H6.23CH5P.4CH4.23W/c2*1-3-4-2;41*1-2;;;;;;;;;;;;;;;;;;;;;;;;;;;/h3-4H,1-2H3;1-2H3;18*1-2H3;23*2H2,1H3;4*1H4;;;;;;;;;;;;;;;;;;;;;;;/b4-3+;;;;;;;;;;;;;;;;;;;;;;;;;;;;;;;;;;;;;;;;;;;;;;;;;;;;;;;;;;;;;;;;;;;;;/i;;;;;;;;;;;;;;;;;;;;23*2T;;;;;;;;;;;;;;;;;;;;;;;;;;;. The van der Waals surface area contributed by atoms with Crippen LogP contribution in [-0.4, -0.2) is 183 Å². The third-order valence-corrected chi connectivity index (χ3v) is 0.583. The zero-order valence-electron chi connectivity index (χ0n) is 109. The Bertz CT molecular complexity index is 503. The Morgan fingerprint density at radius 2 is 0.145 bits per heavy atom. The summed E-state index contributed by atoms with van der Waals surface area (Å²) >= 11 is 0. The van der Waals surface area contributed by atoms with Gasteiger partial charge < -0.3 is 0 Å². The maximum absolute atomic E-state index is 6.24. The Morgan fingerprint density at radius 3 is 0.145 bits per heavy atom. The number of hydrogen-bond acceptors (Lipinski definition) is 0. The van der Waals surface area contributed by atoms with Crippen LogP contribution in [0, 0.1) is 11.8 Å². The molecule has 46 heteroatoms. The van der Waals surface area contributed by atoms with Gasteiger partial charge in [0.05, 0.1) is 29.4 Å². The minimum atomic E-state index is 0. The zero-order valence-corrected chi connectivity index (χ0v) is 177. The Labute approximate surface area is 1190 Å². The monoisotopic (exact) mass is 6100 g/mol. The summed E-state index contributed by atoms with van der Waals surface area (Å²) in [5.41, 5.74) is 0. The zero-order chi connectivity index (χ0) is 105. The van der Waals surface area contributed by atoms with Crippen molar-refractivity contribution >= 4 is 211 Å². The minimum Gasteiger partial charge on any atom is -0.141 e. The van der Waals surface area contributed by atoms with Gasteiger partial charge in [-0.25, -0.2) is 0 Å². The number of hydrogen-bond donors (Lipinski definition) is 0. The summed E-state index contributed by atoms with van der Waals surface area (Å²) < 4.78 is 143. The summed E-state index contributed by atoms with van der Waals surface area (Å²) in [6, 6.07) is 0. The third kappa shape index (κ3) is 3730. The van der Waals surface area contributed by atoms with Crippen molar-refractivity contribution in [3.05, 3.63) is 12.2 Å². The van der Waals surface area contributed by atoms with Gasteiger partial charge in [0.1, 0.15) is 0 Å². The Morgan fingerprint density at radius 1 is 0.128 bits per heavy atom. The average molecular weight is 6090 g/mol. The smallest absolute Gasteiger partial charge is 0.0543 e. The molecule has 0 aromatic heterocycles. The van der Waals surface area contributed by atoms with Gasteiger partial charge in [-0.3, -0.25) is 0 Å². The van der Waals surface area contributed by atoms with Crippen LogP contribution in [0.15, 0.2) is 12.2 Å². The topological polar surface area (TPSA) is 0 Å². The number of allylic oxidation sites excluding steroid dienone is 2. The van der Waals surface area contributed by atoms with E-state index < -0.39 is 0 Å². The van der Waals surface area contributed by atoms with Crippen molar-refractivity contribution in [1.29, 1.82) is 29.4 Å². The molecule has 0 N–H and O–H groups in total. The van der Waals surface area contributed by atoms with Crippen molar-refractivity contribution in [1.82, 2.24) is 0 Å². The normalized spacial score (nSPS) is 7.46. The van der Waals surface area contributed by atoms with Gasteiger partial charge in [-0.15, -0.1) is 223 Å². The van der Waals surface area contributed by atoms with Gasteiger partial charge in [0.2, 0.25) is 0 Å². The van der Waals surface area contributed by atoms with E-state index >= 15 is 0 Å². The fourth-order valence-electron chi connectivity index (χ4n) is 0. The van der Waals surface area contributed by atoms with Crippen molar-refractivity contribution in [2.45, 2.75) is 307 Å². The molecule has 790 valence electrons. The molecular weight excluding hydrogens is 5790 g/mol. The van der Waals surface area contributed by atoms with E-state index in [-0.39, 0.29) is 514 Å². The molecule has 0 saturated carbocycles. The van der Waals surface area contributed by atoms with Gasteiger partial charge in [-0.1, -0.05) is 444 Å². The molecule has 0 nitrogen and oxygen atoms in total. The fourth-order valence-corrected chi connectivity index (χ4v) is 0. The average Bonchev–Trinajstić information content (AvgIpc) is 2.58. The quantitative estimate of drug-likeness (QED) is 0.129. The molecule has 0 spiro atoms. The Hall–Kier alpha value is 25.0. The molecule has 0 aromatic rings. The van der Waals surface area contributed by atoms with Crippen molar-refractivity contribution in [2.75, 3.05) is 153 Å². The van der Waals surface area contributed by atoms with Gasteiger partial charge >= 0.3 is 0 Å². The van der Waals surface area contributed by atoms with E-state index in [9.17, 15) is 0 Å². The van der Waals surface area contributed by atoms with E-state index in [4.69, 9.17) is 29.4 Å². The fraction of sp³-hybridized carbons (Fsp3) is 0.944. The summed E-state index contributed by atoms with van der Waals surface area (Å²) in [7, 11) is 7.67. The van der Waals surface area contributed by atoms with Crippen LogP contribution in [0.1, 0.15) is 307 Å². The molecule has 0 amide bonds. The first-order valence-corrected chi connectivity index (χ1v) is 55.2. The van der Waals surface area contributed by atoms with Gasteiger partial charge in [-0.2, -0.15) is 0 Å². The van der Waals surface area contributed by atoms with Crippen LogP contribution in [0.5, 0.6) is 0 Å². The predicted molar refractivity (Wildman–Crippen MR) is 630 cm³/mol. The first-order valence-electron chi connectivity index (χ1n) is 43.7. The van der Waals surface area contributed by atoms with Crippen molar-refractivity contribution < 1.29 is 485 Å². The summed E-state index contributed by atoms with van der Waals surface area (Å²) in [6.45, 7) is 121. The Kier molecular flexibility index (Phi) is 8780. The second kappa shape index (κ2) is 3280. The van der Waals surface area contributed by atoms with Crippen molar-refractivity contribution in [3.63, 3.8) is 0 Å². The molecule has 0 aliphatic heterocycles. The van der Waals surface area contributed by atoms with E-state index in [1.165, 1.54) is 0 Å². The largest absolute Gasteiger partial charge is 0.141 e. The van der Waals surface area contributed by atoms with Gasteiger partial charge in [0.15, 0.2) is 0 Å². The molecule has 0 aliphatic carbocycles. The van der Waals surface area contributed by atoms with Crippen LogP contribution in [-0.2, 0) is 485 Å². The van der Waals surface area contributed by atoms with E-state index in [0.717, 1.165) is 0 Å². The molecule has 23 unspecified atom stereocenters. The van der Waals surface area contributed by atoms with Crippen LogP contribution in [0.25, 0.3) is 0 Å². The van der Waals surface area contributed by atoms with E-state index in [1.54, 1.807) is 0 Å². The van der Waals surface area contributed by atoms with Crippen LogP contribution in [0.4, 0.5) is 0 Å². The maximum atomic E-state index is 6.24. The predicted octanol–water partition coefficient (Wildman–Crippen LogP) is 34.9. The van der Waals surface area contributed by atoms with Crippen molar-refractivity contribution in [3.8, 4) is 11.8 Å². The summed E-state index contributed by atoms with van der Waals surface area (Å²) in [5, 5.41) is 0. The molecule has 0 aromatic carbocycles. The van der Waals surface area contributed by atoms with Crippen LogP contribution >= 0.6 is 211 Å². The van der Waals surface area contributed by atoms with E-state index in [1.807, 2.05) is 442 Å². The molecule has 0 heterocycles. The molecule has 23 atom stereocenters. The van der Waals surface area contributed by atoms with Crippen LogP contribution < -0.4 is 0 Å². The first kappa shape index (κ1) is 313. The van der Waals surface area contributed by atoms with Crippen LogP contribution in [0.2, 0.25) is 0 Å². The molecule has 0 aliphatic rings. The second-order valence-corrected chi connectivity index (χ2v) is 1.17. The Balaban J connectivity index is -0.00000000525. The molecule has 0 fully saturated rings. The van der Waals surface area contributed by atoms with Gasteiger partial charge in [-0.05, 0) is 27.7 Å². The van der Waals surface area contributed by atoms with Crippen molar-refractivity contribution in [2.24, 2.45) is 0 Å². The van der Waals surface area contributed by atoms with E-state index in [2.05, 4.69) is 11.8 Å². The second-order valence-electron chi connectivity index (χ2n) is 1.17. The summed E-state index contributed by atoms with van der Waals surface area (Å²) in [4.78, 5) is 0. The van der Waals surface area contributed by atoms with E-state index in [0.29, 0.717) is 211 Å². The SMILES string of the molecule is C.C.C.C.C/C=C/C.CC.CC.CC.CC.CC.CC.CC.CC.CC.CC.CC.CC.CC.CC.CC.CC.CC.CC.CC#CC.[3H]PC.[3H]PC.[3H]PC.[3H]PC.[3H]PC.[3H]PC.[3H]PC.[3H]PC.[3H]PC.[3H]PC.[3H]PC.[3H]PC.[3H]PC.[3H]PC.[3H]PC.[3H]PC.[3H]PC.[3H]PC.[3H]PC.[3H]PC.[3H]PC.[3H]PC.[3H]PC.[W].[W].[W].[W].[W].[W].[W].[W].[W].[W].[W].[W].[W].[W].[W].[W].[W].[W].[W].[W].[W].[W].[W]. The third-order valence-electron chi connectivity index (χ3n) is 0.583. The first-order chi connectivity index (χ1) is 54.4. The minimum absolute atomic E-state index is 0. The number of rotatable bonds is 0. The van der Waals surface area contributed by atoms with Crippen LogP contribution in [0.3, 0.4) is 0 Å². The maximum Gasteiger partial charge on any atom is 0.0543 e. The summed E-state index contributed by atoms with van der Waals surface area (Å²) in [5.74, 6) is 5.36. The van der Waals surface area contributed by atoms with Gasteiger partial charge in [0, 0.05) is 485 Å². The molecule has 0 saturated heterocycles. The molecule has 117 heavy (non-hydrogen) atoms. The molecule has 0 rings (SSSR count). The molecule has 0 radical (unpaired) electrons. The van der Waals surface area contributed by atoms with Gasteiger partial charge in [0.25, 0.3) is 0 Å². The summed E-state index contributed by atoms with van der Waals surface area (Å²) in [6.07, 6.45) is 4.00.